The fourth-order valence-electron chi connectivity index (χ4n) is 4.48. The van der Waals surface area contributed by atoms with Gasteiger partial charge in [0.1, 0.15) is 48.8 Å². The van der Waals surface area contributed by atoms with Gasteiger partial charge in [0.15, 0.2) is 12.6 Å². The van der Waals surface area contributed by atoms with E-state index < -0.39 is 74.6 Å². The summed E-state index contributed by atoms with van der Waals surface area (Å²) in [4.78, 5) is 0. The molecule has 0 saturated carbocycles. The van der Waals surface area contributed by atoms with Gasteiger partial charge in [0, 0.05) is 6.61 Å². The van der Waals surface area contributed by atoms with Gasteiger partial charge in [-0.2, -0.15) is 0 Å². The van der Waals surface area contributed by atoms with Gasteiger partial charge in [0.2, 0.25) is 0 Å². The van der Waals surface area contributed by atoms with E-state index in [1.165, 1.54) is 44.9 Å². The number of aliphatic hydroxyl groups is 7. The third-order valence-electron chi connectivity index (χ3n) is 6.74. The number of hydrogen-bond donors (Lipinski definition) is 7. The molecule has 208 valence electrons. The van der Waals surface area contributed by atoms with Crippen LogP contribution in [0.5, 0.6) is 0 Å². The van der Waals surface area contributed by atoms with Gasteiger partial charge in [-0.25, -0.2) is 0 Å². The highest BCUT2D eigenvalue weighted by Crippen LogP contribution is 2.29. The Morgan fingerprint density at radius 1 is 0.571 bits per heavy atom. The maximum absolute atomic E-state index is 10.6. The first kappa shape index (κ1) is 30.8. The van der Waals surface area contributed by atoms with Crippen LogP contribution in [0.15, 0.2) is 0 Å². The summed E-state index contributed by atoms with van der Waals surface area (Å²) in [5, 5.41) is 70.1. The Hall–Kier alpha value is -0.440. The Kier molecular flexibility index (Phi) is 14.4. The standard InChI is InChI=1S/C24H46O11/c1-2-3-4-5-6-7-8-9-10-11-12-32-23-21(31)19(29)22(16(14-26)34-23)35-24-20(30)18(28)17(27)15(13-25)33-24/h15-31H,2-14H2,1H3/t15-,16-,17-,18+,19-,20-,21-,22?,23-,24-/m1/s1. The largest absolute Gasteiger partial charge is 0.394 e. The molecule has 11 nitrogen and oxygen atoms in total. The van der Waals surface area contributed by atoms with Crippen molar-refractivity contribution in [3.8, 4) is 0 Å². The fraction of sp³-hybridized carbons (Fsp3) is 1.00. The molecule has 2 saturated heterocycles. The fourth-order valence-corrected chi connectivity index (χ4v) is 4.48. The van der Waals surface area contributed by atoms with Crippen molar-refractivity contribution in [2.75, 3.05) is 19.8 Å². The Bertz CT molecular complexity index is 550. The molecular formula is C24H46O11. The first-order chi connectivity index (χ1) is 16.8. The molecule has 2 heterocycles. The van der Waals surface area contributed by atoms with Crippen LogP contribution in [-0.2, 0) is 18.9 Å². The number of rotatable bonds is 16. The van der Waals surface area contributed by atoms with Crippen molar-refractivity contribution in [2.24, 2.45) is 0 Å². The van der Waals surface area contributed by atoms with Crippen molar-refractivity contribution >= 4 is 0 Å². The number of aliphatic hydroxyl groups excluding tert-OH is 7. The zero-order valence-corrected chi connectivity index (χ0v) is 20.7. The van der Waals surface area contributed by atoms with E-state index in [2.05, 4.69) is 6.92 Å². The van der Waals surface area contributed by atoms with Gasteiger partial charge in [0.05, 0.1) is 13.2 Å². The maximum Gasteiger partial charge on any atom is 0.187 e. The van der Waals surface area contributed by atoms with Crippen LogP contribution in [-0.4, -0.2) is 117 Å². The first-order valence-electron chi connectivity index (χ1n) is 13.1. The molecule has 0 spiro atoms. The average Bonchev–Trinajstić information content (AvgIpc) is 2.86. The molecule has 2 rings (SSSR count). The molecule has 0 aromatic carbocycles. The number of hydrogen-bond acceptors (Lipinski definition) is 11. The van der Waals surface area contributed by atoms with Crippen LogP contribution in [0.2, 0.25) is 0 Å². The highest BCUT2D eigenvalue weighted by atomic mass is 16.7. The minimum absolute atomic E-state index is 0.321. The van der Waals surface area contributed by atoms with Crippen LogP contribution in [0.1, 0.15) is 71.1 Å². The molecule has 2 aliphatic heterocycles. The second-order valence-electron chi connectivity index (χ2n) is 9.56. The Morgan fingerprint density at radius 3 is 1.66 bits per heavy atom. The second kappa shape index (κ2) is 16.4. The van der Waals surface area contributed by atoms with E-state index >= 15 is 0 Å². The molecule has 0 radical (unpaired) electrons. The van der Waals surface area contributed by atoms with E-state index in [-0.39, 0.29) is 0 Å². The van der Waals surface area contributed by atoms with Crippen LogP contribution >= 0.6 is 0 Å². The lowest BCUT2D eigenvalue weighted by molar-refractivity contribution is -0.359. The van der Waals surface area contributed by atoms with Crippen LogP contribution in [0.3, 0.4) is 0 Å². The van der Waals surface area contributed by atoms with Crippen molar-refractivity contribution < 1.29 is 54.7 Å². The summed E-state index contributed by atoms with van der Waals surface area (Å²) >= 11 is 0. The molecular weight excluding hydrogens is 464 g/mol. The van der Waals surface area contributed by atoms with Crippen LogP contribution in [0.4, 0.5) is 0 Å². The van der Waals surface area contributed by atoms with E-state index in [1.807, 2.05) is 0 Å². The van der Waals surface area contributed by atoms with Crippen LogP contribution in [0.25, 0.3) is 0 Å². The number of ether oxygens (including phenoxy) is 4. The zero-order chi connectivity index (χ0) is 25.8. The van der Waals surface area contributed by atoms with Gasteiger partial charge in [0.25, 0.3) is 0 Å². The normalized spacial score (nSPS) is 38.1. The summed E-state index contributed by atoms with van der Waals surface area (Å²) in [5.74, 6) is 0. The zero-order valence-electron chi connectivity index (χ0n) is 20.7. The second-order valence-corrected chi connectivity index (χ2v) is 9.56. The Labute approximate surface area is 207 Å². The van der Waals surface area contributed by atoms with Gasteiger partial charge < -0.3 is 54.7 Å². The molecule has 2 fully saturated rings. The predicted octanol–water partition coefficient (Wildman–Crippen LogP) is -0.452. The lowest BCUT2D eigenvalue weighted by Gasteiger charge is -2.45. The smallest absolute Gasteiger partial charge is 0.187 e. The highest BCUT2D eigenvalue weighted by molar-refractivity contribution is 4.94. The molecule has 7 N–H and O–H groups in total. The molecule has 35 heavy (non-hydrogen) atoms. The topological polar surface area (TPSA) is 179 Å². The summed E-state index contributed by atoms with van der Waals surface area (Å²) in [7, 11) is 0. The maximum atomic E-state index is 10.6. The minimum atomic E-state index is -1.69. The Balaban J connectivity index is 1.74. The molecule has 11 heteroatoms. The monoisotopic (exact) mass is 510 g/mol. The van der Waals surface area contributed by atoms with Crippen molar-refractivity contribution in [1.82, 2.24) is 0 Å². The van der Waals surface area contributed by atoms with Gasteiger partial charge in [-0.05, 0) is 6.42 Å². The molecule has 0 aromatic rings. The molecule has 0 aliphatic carbocycles. The Morgan fingerprint density at radius 2 is 1.09 bits per heavy atom. The van der Waals surface area contributed by atoms with Crippen molar-refractivity contribution in [3.05, 3.63) is 0 Å². The summed E-state index contributed by atoms with van der Waals surface area (Å²) in [6, 6.07) is 0. The van der Waals surface area contributed by atoms with E-state index in [4.69, 9.17) is 18.9 Å². The van der Waals surface area contributed by atoms with Crippen molar-refractivity contribution in [1.29, 1.82) is 0 Å². The van der Waals surface area contributed by atoms with E-state index in [1.54, 1.807) is 0 Å². The summed E-state index contributed by atoms with van der Waals surface area (Å²) in [6.45, 7) is 1.31. The van der Waals surface area contributed by atoms with Gasteiger partial charge >= 0.3 is 0 Å². The van der Waals surface area contributed by atoms with Crippen LogP contribution in [0, 0.1) is 0 Å². The molecule has 10 atom stereocenters. The minimum Gasteiger partial charge on any atom is -0.394 e. The SMILES string of the molecule is CCCCCCCCCCCCO[C@@H]1O[C@H](CO)C(O[C@H]2O[C@H](CO)[C@@H](O)[C@H](O)[C@H]2O)[C@H](O)[C@H]1O. The quantitative estimate of drug-likeness (QED) is 0.134. The van der Waals surface area contributed by atoms with Gasteiger partial charge in [-0.3, -0.25) is 0 Å². The highest BCUT2D eigenvalue weighted by Gasteiger charge is 2.50. The average molecular weight is 511 g/mol. The lowest BCUT2D eigenvalue weighted by Crippen LogP contribution is -2.64. The molecule has 0 bridgehead atoms. The van der Waals surface area contributed by atoms with Crippen molar-refractivity contribution in [2.45, 2.75) is 133 Å². The summed E-state index contributed by atoms with van der Waals surface area (Å²) in [6.07, 6.45) is -2.63. The van der Waals surface area contributed by atoms with Gasteiger partial charge in [-0.1, -0.05) is 64.7 Å². The third-order valence-corrected chi connectivity index (χ3v) is 6.74. The molecule has 1 unspecified atom stereocenters. The lowest BCUT2D eigenvalue weighted by atomic mass is 9.97. The predicted molar refractivity (Wildman–Crippen MR) is 124 cm³/mol. The van der Waals surface area contributed by atoms with E-state index in [9.17, 15) is 35.7 Å². The van der Waals surface area contributed by atoms with E-state index in [0.717, 1.165) is 19.3 Å². The summed E-state index contributed by atoms with van der Waals surface area (Å²) in [5.41, 5.74) is 0. The molecule has 2 aliphatic rings. The molecule has 0 amide bonds. The van der Waals surface area contributed by atoms with Gasteiger partial charge in [-0.15, -0.1) is 0 Å². The molecule has 0 aromatic heterocycles. The van der Waals surface area contributed by atoms with Crippen molar-refractivity contribution in [3.63, 3.8) is 0 Å². The van der Waals surface area contributed by atoms with E-state index in [0.29, 0.717) is 6.61 Å². The first-order valence-corrected chi connectivity index (χ1v) is 13.1. The van der Waals surface area contributed by atoms with Crippen LogP contribution < -0.4 is 0 Å². The number of unbranched alkanes of at least 4 members (excludes halogenated alkanes) is 9. The third kappa shape index (κ3) is 9.11. The summed E-state index contributed by atoms with van der Waals surface area (Å²) < 4.78 is 22.0.